The fourth-order valence-electron chi connectivity index (χ4n) is 3.98. The largest absolute Gasteiger partial charge is 0.393 e. The van der Waals surface area contributed by atoms with Crippen LogP contribution in [0, 0.1) is 18.2 Å². The van der Waals surface area contributed by atoms with E-state index in [0.717, 1.165) is 18.5 Å². The lowest BCUT2D eigenvalue weighted by Gasteiger charge is -2.34. The van der Waals surface area contributed by atoms with Gasteiger partial charge in [0.05, 0.1) is 24.8 Å². The Labute approximate surface area is 172 Å². The van der Waals surface area contributed by atoms with Crippen LogP contribution in [-0.2, 0) is 4.74 Å². The highest BCUT2D eigenvalue weighted by Gasteiger charge is 2.25. The smallest absolute Gasteiger partial charge is 0.318 e. The molecule has 29 heavy (non-hydrogen) atoms. The zero-order valence-electron chi connectivity index (χ0n) is 16.9. The van der Waals surface area contributed by atoms with Crippen molar-refractivity contribution in [2.45, 2.75) is 50.9 Å². The first-order valence-electron chi connectivity index (χ1n) is 10.3. The third-order valence-corrected chi connectivity index (χ3v) is 5.62. The van der Waals surface area contributed by atoms with Gasteiger partial charge in [0.2, 0.25) is 0 Å². The predicted molar refractivity (Wildman–Crippen MR) is 110 cm³/mol. The first-order valence-corrected chi connectivity index (χ1v) is 10.3. The van der Waals surface area contributed by atoms with Crippen LogP contribution in [0.2, 0.25) is 0 Å². The normalized spacial score (nSPS) is 20.9. The van der Waals surface area contributed by atoms with Crippen molar-refractivity contribution in [3.63, 3.8) is 0 Å². The molecule has 2 N–H and O–H groups in total. The number of piperidine rings is 1. The summed E-state index contributed by atoms with van der Waals surface area (Å²) in [7, 11) is 0. The summed E-state index contributed by atoms with van der Waals surface area (Å²) >= 11 is 0. The van der Waals surface area contributed by atoms with Crippen LogP contribution in [0.25, 0.3) is 0 Å². The monoisotopic (exact) mass is 403 g/mol. The minimum absolute atomic E-state index is 0.00825. The standard InChI is InChI=1S/C22H30FN3O3/c1-3-10-26(15-19-5-4-13-29-19)22(28)24-16(2)20-14-17(23)6-7-21(20)25-11-8-18(27)9-12-25/h1,6-7,14,16,18-19,27H,4-5,8-13,15H2,2H3,(H,24,28)/t16-,19-/m0/s1. The van der Waals surface area contributed by atoms with E-state index in [4.69, 9.17) is 11.2 Å². The third kappa shape index (κ3) is 5.62. The van der Waals surface area contributed by atoms with E-state index in [-0.39, 0.29) is 30.6 Å². The van der Waals surface area contributed by atoms with E-state index in [0.29, 0.717) is 44.6 Å². The topological polar surface area (TPSA) is 65.0 Å². The summed E-state index contributed by atoms with van der Waals surface area (Å²) in [6.45, 7) is 4.59. The van der Waals surface area contributed by atoms with Crippen LogP contribution in [0.5, 0.6) is 0 Å². The van der Waals surface area contributed by atoms with E-state index in [2.05, 4.69) is 16.1 Å². The van der Waals surface area contributed by atoms with Crippen molar-refractivity contribution >= 4 is 11.7 Å². The molecule has 0 aromatic heterocycles. The van der Waals surface area contributed by atoms with Gasteiger partial charge >= 0.3 is 6.03 Å². The molecule has 6 nitrogen and oxygen atoms in total. The van der Waals surface area contributed by atoms with Gasteiger partial charge in [-0.15, -0.1) is 6.42 Å². The Hall–Kier alpha value is -2.30. The molecule has 2 atom stereocenters. The van der Waals surface area contributed by atoms with Crippen LogP contribution in [0.1, 0.15) is 44.2 Å². The molecule has 0 saturated carbocycles. The summed E-state index contributed by atoms with van der Waals surface area (Å²) in [5, 5.41) is 12.7. The second-order valence-electron chi connectivity index (χ2n) is 7.81. The highest BCUT2D eigenvalue weighted by molar-refractivity contribution is 5.75. The molecule has 1 aromatic carbocycles. The number of nitrogens with zero attached hydrogens (tertiary/aromatic N) is 2. The molecule has 2 fully saturated rings. The Morgan fingerprint density at radius 2 is 2.21 bits per heavy atom. The molecule has 7 heteroatoms. The number of anilines is 1. The fraction of sp³-hybridized carbons (Fsp3) is 0.591. The van der Waals surface area contributed by atoms with E-state index < -0.39 is 6.04 Å². The summed E-state index contributed by atoms with van der Waals surface area (Å²) in [5.74, 6) is 2.18. The van der Waals surface area contributed by atoms with Crippen molar-refractivity contribution in [1.82, 2.24) is 10.2 Å². The minimum atomic E-state index is -0.398. The molecule has 0 unspecified atom stereocenters. The number of aliphatic hydroxyl groups is 1. The number of ether oxygens (including phenoxy) is 1. The SMILES string of the molecule is C#CCN(C[C@@H]1CCCO1)C(=O)N[C@@H](C)c1cc(F)ccc1N1CCC(O)CC1. The molecule has 0 spiro atoms. The predicted octanol–water partition coefficient (Wildman–Crippen LogP) is 2.67. The van der Waals surface area contributed by atoms with E-state index in [9.17, 15) is 14.3 Å². The van der Waals surface area contributed by atoms with Gasteiger partial charge in [-0.1, -0.05) is 5.92 Å². The highest BCUT2D eigenvalue weighted by Crippen LogP contribution is 2.30. The van der Waals surface area contributed by atoms with Gasteiger partial charge in [-0.25, -0.2) is 9.18 Å². The second kappa shape index (κ2) is 9.95. The molecule has 2 amide bonds. The Kier molecular flexibility index (Phi) is 7.34. The van der Waals surface area contributed by atoms with Crippen LogP contribution >= 0.6 is 0 Å². The minimum Gasteiger partial charge on any atom is -0.393 e. The average molecular weight is 403 g/mol. The lowest BCUT2D eigenvalue weighted by Crippen LogP contribution is -2.45. The number of amides is 2. The number of halogens is 1. The number of hydrogen-bond acceptors (Lipinski definition) is 4. The first kappa shape index (κ1) is 21.4. The fourth-order valence-corrected chi connectivity index (χ4v) is 3.98. The van der Waals surface area contributed by atoms with E-state index in [1.54, 1.807) is 11.0 Å². The maximum Gasteiger partial charge on any atom is 0.318 e. The summed E-state index contributed by atoms with van der Waals surface area (Å²) in [5.41, 5.74) is 1.60. The summed E-state index contributed by atoms with van der Waals surface area (Å²) in [6.07, 6.45) is 8.42. The number of aliphatic hydroxyl groups excluding tert-OH is 1. The maximum atomic E-state index is 14.0. The van der Waals surface area contributed by atoms with Crippen LogP contribution in [0.15, 0.2) is 18.2 Å². The second-order valence-corrected chi connectivity index (χ2v) is 7.81. The van der Waals surface area contributed by atoms with Gasteiger partial charge in [0.15, 0.2) is 0 Å². The molecule has 0 aliphatic carbocycles. The van der Waals surface area contributed by atoms with Crippen molar-refractivity contribution in [3.8, 4) is 12.3 Å². The number of hydrogen-bond donors (Lipinski definition) is 2. The lowest BCUT2D eigenvalue weighted by atomic mass is 10.0. The molecule has 1 aromatic rings. The zero-order valence-corrected chi connectivity index (χ0v) is 16.9. The average Bonchev–Trinajstić information content (AvgIpc) is 3.21. The van der Waals surface area contributed by atoms with E-state index in [1.807, 2.05) is 6.92 Å². The Balaban J connectivity index is 1.71. The molecule has 0 radical (unpaired) electrons. The van der Waals surface area contributed by atoms with E-state index >= 15 is 0 Å². The molecule has 2 saturated heterocycles. The third-order valence-electron chi connectivity index (χ3n) is 5.62. The Bertz CT molecular complexity index is 737. The highest BCUT2D eigenvalue weighted by atomic mass is 19.1. The number of carbonyl (C=O) groups excluding carboxylic acids is 1. The maximum absolute atomic E-state index is 14.0. The number of nitrogens with one attached hydrogen (secondary N) is 1. The molecule has 2 aliphatic heterocycles. The van der Waals surface area contributed by atoms with Gasteiger partial charge in [-0.05, 0) is 50.8 Å². The molecular formula is C22H30FN3O3. The Morgan fingerprint density at radius 3 is 2.86 bits per heavy atom. The molecular weight excluding hydrogens is 373 g/mol. The number of terminal acetylenes is 1. The number of urea groups is 1. The number of carbonyl (C=O) groups is 1. The summed E-state index contributed by atoms with van der Waals surface area (Å²) in [4.78, 5) is 16.6. The summed E-state index contributed by atoms with van der Waals surface area (Å²) in [6, 6.07) is 3.97. The van der Waals surface area contributed by atoms with Gasteiger partial charge < -0.3 is 25.0 Å². The molecule has 2 aliphatic rings. The molecule has 0 bridgehead atoms. The van der Waals surface area contributed by atoms with Crippen molar-refractivity contribution in [1.29, 1.82) is 0 Å². The van der Waals surface area contributed by atoms with Crippen LogP contribution in [-0.4, -0.2) is 61.0 Å². The lowest BCUT2D eigenvalue weighted by molar-refractivity contribution is 0.0842. The van der Waals surface area contributed by atoms with Crippen molar-refractivity contribution in [2.75, 3.05) is 37.7 Å². The number of rotatable bonds is 6. The zero-order chi connectivity index (χ0) is 20.8. The molecule has 3 rings (SSSR count). The molecule has 158 valence electrons. The van der Waals surface area contributed by atoms with Gasteiger partial charge in [0.25, 0.3) is 0 Å². The first-order chi connectivity index (χ1) is 14.0. The van der Waals surface area contributed by atoms with Gasteiger partial charge in [-0.3, -0.25) is 0 Å². The van der Waals surface area contributed by atoms with Crippen molar-refractivity contribution in [3.05, 3.63) is 29.6 Å². The van der Waals surface area contributed by atoms with Crippen LogP contribution < -0.4 is 10.2 Å². The van der Waals surface area contributed by atoms with Gasteiger partial charge in [0.1, 0.15) is 5.82 Å². The molecule has 2 heterocycles. The van der Waals surface area contributed by atoms with Crippen LogP contribution in [0.3, 0.4) is 0 Å². The summed E-state index contributed by atoms with van der Waals surface area (Å²) < 4.78 is 19.6. The quantitative estimate of drug-likeness (QED) is 0.717. The van der Waals surface area contributed by atoms with Gasteiger partial charge in [0, 0.05) is 37.5 Å². The van der Waals surface area contributed by atoms with Crippen LogP contribution in [0.4, 0.5) is 14.9 Å². The van der Waals surface area contributed by atoms with Gasteiger partial charge in [-0.2, -0.15) is 0 Å². The van der Waals surface area contributed by atoms with E-state index in [1.165, 1.54) is 12.1 Å². The number of benzene rings is 1. The Morgan fingerprint density at radius 1 is 1.45 bits per heavy atom. The van der Waals surface area contributed by atoms with Crippen molar-refractivity contribution < 1.29 is 19.0 Å². The van der Waals surface area contributed by atoms with Crippen molar-refractivity contribution in [2.24, 2.45) is 0 Å².